The van der Waals surface area contributed by atoms with Crippen molar-refractivity contribution in [2.75, 3.05) is 13.2 Å². The number of amides is 1. The van der Waals surface area contributed by atoms with E-state index in [1.807, 2.05) is 6.92 Å². The van der Waals surface area contributed by atoms with Crippen LogP contribution in [0.2, 0.25) is 0 Å². The van der Waals surface area contributed by atoms with Gasteiger partial charge in [0.05, 0.1) is 5.56 Å². The topological polar surface area (TPSA) is 49.3 Å². The molecule has 0 saturated heterocycles. The molecule has 0 radical (unpaired) electrons. The van der Waals surface area contributed by atoms with Gasteiger partial charge in [0.15, 0.2) is 23.3 Å². The van der Waals surface area contributed by atoms with E-state index in [9.17, 15) is 22.4 Å². The van der Waals surface area contributed by atoms with E-state index < -0.39 is 34.7 Å². The predicted octanol–water partition coefficient (Wildman–Crippen LogP) is 2.77. The van der Waals surface area contributed by atoms with Gasteiger partial charge in [-0.25, -0.2) is 17.6 Å². The number of hydrogen-bond donors (Lipinski definition) is 2. The van der Waals surface area contributed by atoms with E-state index in [-0.39, 0.29) is 19.1 Å². The van der Waals surface area contributed by atoms with Gasteiger partial charge in [-0.05, 0) is 24.8 Å². The van der Waals surface area contributed by atoms with E-state index in [2.05, 4.69) is 5.32 Å². The van der Waals surface area contributed by atoms with Crippen LogP contribution in [-0.4, -0.2) is 24.2 Å². The molecule has 0 heterocycles. The highest BCUT2D eigenvalue weighted by atomic mass is 19.2. The second kappa shape index (κ2) is 7.97. The molecule has 0 fully saturated rings. The summed E-state index contributed by atoms with van der Waals surface area (Å²) in [6.45, 7) is 2.00. The second-order valence-corrected chi connectivity index (χ2v) is 4.72. The number of aliphatic hydroxyl groups excluding tert-OH is 1. The van der Waals surface area contributed by atoms with Gasteiger partial charge in [-0.2, -0.15) is 0 Å². The quantitative estimate of drug-likeness (QED) is 0.462. The van der Waals surface area contributed by atoms with Crippen molar-refractivity contribution in [1.29, 1.82) is 0 Å². The van der Waals surface area contributed by atoms with Gasteiger partial charge in [0, 0.05) is 13.2 Å². The number of carbonyl (C=O) groups is 1. The predicted molar refractivity (Wildman–Crippen MR) is 68.7 cm³/mol. The molecular formula is C14H17F4NO2. The summed E-state index contributed by atoms with van der Waals surface area (Å²) in [5.74, 6) is -8.36. The van der Waals surface area contributed by atoms with Crippen LogP contribution in [0.25, 0.3) is 0 Å². The third-order valence-electron chi connectivity index (χ3n) is 3.13. The molecule has 1 unspecified atom stereocenters. The average molecular weight is 307 g/mol. The Kier molecular flexibility index (Phi) is 6.61. The van der Waals surface area contributed by atoms with Crippen LogP contribution in [0.15, 0.2) is 6.07 Å². The molecule has 7 heteroatoms. The van der Waals surface area contributed by atoms with Crippen LogP contribution >= 0.6 is 0 Å². The van der Waals surface area contributed by atoms with E-state index in [0.29, 0.717) is 12.5 Å². The lowest BCUT2D eigenvalue weighted by Crippen LogP contribution is -2.31. The number of hydrogen-bond acceptors (Lipinski definition) is 2. The molecule has 3 nitrogen and oxygen atoms in total. The van der Waals surface area contributed by atoms with Gasteiger partial charge in [0.2, 0.25) is 0 Å². The van der Waals surface area contributed by atoms with Crippen molar-refractivity contribution < 1.29 is 27.5 Å². The van der Waals surface area contributed by atoms with Gasteiger partial charge in [0.25, 0.3) is 5.91 Å². The third-order valence-corrected chi connectivity index (χ3v) is 3.13. The first-order chi connectivity index (χ1) is 9.92. The van der Waals surface area contributed by atoms with Crippen LogP contribution in [0.4, 0.5) is 17.6 Å². The van der Waals surface area contributed by atoms with Gasteiger partial charge >= 0.3 is 0 Å². The maximum Gasteiger partial charge on any atom is 0.254 e. The van der Waals surface area contributed by atoms with Crippen molar-refractivity contribution in [3.05, 3.63) is 34.9 Å². The Morgan fingerprint density at radius 1 is 1.19 bits per heavy atom. The molecule has 0 saturated carbocycles. The van der Waals surface area contributed by atoms with Crippen LogP contribution in [0.5, 0.6) is 0 Å². The Balaban J connectivity index is 2.80. The van der Waals surface area contributed by atoms with Crippen molar-refractivity contribution in [2.24, 2.45) is 5.92 Å². The van der Waals surface area contributed by atoms with Crippen molar-refractivity contribution in [1.82, 2.24) is 5.32 Å². The summed E-state index contributed by atoms with van der Waals surface area (Å²) in [6, 6.07) is 0.323. The summed E-state index contributed by atoms with van der Waals surface area (Å²) in [5.41, 5.74) is -0.884. The fourth-order valence-corrected chi connectivity index (χ4v) is 2.01. The lowest BCUT2D eigenvalue weighted by atomic mass is 10.00. The van der Waals surface area contributed by atoms with Crippen molar-refractivity contribution >= 4 is 5.91 Å². The van der Waals surface area contributed by atoms with Crippen LogP contribution in [0.3, 0.4) is 0 Å². The molecule has 118 valence electrons. The number of aliphatic hydroxyl groups is 1. The van der Waals surface area contributed by atoms with E-state index >= 15 is 0 Å². The Bertz CT molecular complexity index is 502. The minimum atomic E-state index is -2.01. The lowest BCUT2D eigenvalue weighted by Gasteiger charge is -2.16. The first-order valence-corrected chi connectivity index (χ1v) is 6.64. The van der Waals surface area contributed by atoms with Crippen molar-refractivity contribution in [3.8, 4) is 0 Å². The zero-order valence-electron chi connectivity index (χ0n) is 11.6. The molecule has 1 atom stereocenters. The van der Waals surface area contributed by atoms with E-state index in [1.165, 1.54) is 0 Å². The maximum atomic E-state index is 13.4. The second-order valence-electron chi connectivity index (χ2n) is 4.72. The fraction of sp³-hybridized carbons (Fsp3) is 0.500. The average Bonchev–Trinajstić information content (AvgIpc) is 2.46. The monoisotopic (exact) mass is 307 g/mol. The molecule has 1 aromatic carbocycles. The summed E-state index contributed by atoms with van der Waals surface area (Å²) in [4.78, 5) is 11.7. The highest BCUT2D eigenvalue weighted by Gasteiger charge is 2.23. The summed E-state index contributed by atoms with van der Waals surface area (Å²) < 4.78 is 52.3. The Morgan fingerprint density at radius 3 is 2.43 bits per heavy atom. The van der Waals surface area contributed by atoms with Gasteiger partial charge in [-0.3, -0.25) is 4.79 Å². The summed E-state index contributed by atoms with van der Waals surface area (Å²) in [5, 5.41) is 11.2. The van der Waals surface area contributed by atoms with Crippen LogP contribution in [0, 0.1) is 29.2 Å². The van der Waals surface area contributed by atoms with E-state index in [1.54, 1.807) is 0 Å². The number of carbonyl (C=O) groups excluding carboxylic acids is 1. The molecule has 2 N–H and O–H groups in total. The Labute approximate surface area is 120 Å². The molecule has 0 aliphatic heterocycles. The fourth-order valence-electron chi connectivity index (χ4n) is 2.01. The van der Waals surface area contributed by atoms with Crippen molar-refractivity contribution in [3.63, 3.8) is 0 Å². The van der Waals surface area contributed by atoms with Gasteiger partial charge < -0.3 is 10.4 Å². The molecule has 1 aromatic rings. The maximum absolute atomic E-state index is 13.4. The summed E-state index contributed by atoms with van der Waals surface area (Å²) in [7, 11) is 0. The van der Waals surface area contributed by atoms with Crippen LogP contribution < -0.4 is 5.32 Å². The van der Waals surface area contributed by atoms with Crippen LogP contribution in [-0.2, 0) is 0 Å². The molecule has 0 aliphatic carbocycles. The molecule has 0 aromatic heterocycles. The Hall–Kier alpha value is -1.63. The van der Waals surface area contributed by atoms with E-state index in [0.717, 1.165) is 12.8 Å². The number of nitrogens with one attached hydrogen (secondary N) is 1. The SMILES string of the molecule is CCCC(CCO)CNC(=O)c1cc(F)c(F)c(F)c1F. The zero-order valence-corrected chi connectivity index (χ0v) is 11.6. The largest absolute Gasteiger partial charge is 0.396 e. The first-order valence-electron chi connectivity index (χ1n) is 6.64. The first kappa shape index (κ1) is 17.4. The van der Waals surface area contributed by atoms with Crippen LogP contribution in [0.1, 0.15) is 36.5 Å². The molecule has 1 amide bonds. The zero-order chi connectivity index (χ0) is 16.0. The smallest absolute Gasteiger partial charge is 0.254 e. The molecule has 0 spiro atoms. The molecule has 0 bridgehead atoms. The third kappa shape index (κ3) is 4.42. The standard InChI is InChI=1S/C14H17F4NO2/c1-2-3-8(4-5-20)7-19-14(21)9-6-10(15)12(17)13(18)11(9)16/h6,8,20H,2-5,7H2,1H3,(H,19,21). The minimum Gasteiger partial charge on any atom is -0.396 e. The number of benzene rings is 1. The number of rotatable bonds is 7. The molecule has 1 rings (SSSR count). The summed E-state index contributed by atoms with van der Waals surface area (Å²) >= 11 is 0. The molecule has 0 aliphatic rings. The van der Waals surface area contributed by atoms with Gasteiger partial charge in [-0.15, -0.1) is 0 Å². The minimum absolute atomic E-state index is 0.0258. The van der Waals surface area contributed by atoms with Gasteiger partial charge in [-0.1, -0.05) is 13.3 Å². The Morgan fingerprint density at radius 2 is 1.86 bits per heavy atom. The molecule has 21 heavy (non-hydrogen) atoms. The highest BCUT2D eigenvalue weighted by Crippen LogP contribution is 2.19. The summed E-state index contributed by atoms with van der Waals surface area (Å²) in [6.07, 6.45) is 2.01. The van der Waals surface area contributed by atoms with E-state index in [4.69, 9.17) is 5.11 Å². The molecular weight excluding hydrogens is 290 g/mol. The number of halogens is 4. The lowest BCUT2D eigenvalue weighted by molar-refractivity contribution is 0.0936. The normalized spacial score (nSPS) is 12.3. The highest BCUT2D eigenvalue weighted by molar-refractivity contribution is 5.94. The van der Waals surface area contributed by atoms with Crippen molar-refractivity contribution in [2.45, 2.75) is 26.2 Å². The van der Waals surface area contributed by atoms with Gasteiger partial charge in [0.1, 0.15) is 0 Å².